The lowest BCUT2D eigenvalue weighted by molar-refractivity contribution is -0.132. The zero-order chi connectivity index (χ0) is 15.7. The van der Waals surface area contributed by atoms with Crippen molar-refractivity contribution < 1.29 is 17.9 Å². The number of nitrogens with zero attached hydrogens (tertiary/aromatic N) is 1. The maximum atomic E-state index is 12.1. The molecule has 0 saturated heterocycles. The molecular weight excluding hydrogens is 283 g/mol. The van der Waals surface area contributed by atoms with Crippen molar-refractivity contribution in [2.24, 2.45) is 4.99 Å². The Labute approximate surface area is 122 Å². The summed E-state index contributed by atoms with van der Waals surface area (Å²) in [6, 6.07) is 7.49. The van der Waals surface area contributed by atoms with E-state index >= 15 is 0 Å². The maximum Gasteiger partial charge on any atom is 0.390 e. The SMILES string of the molecule is CCOc1cccc(CNC(=NC)NCCC(F)(F)F)c1. The van der Waals surface area contributed by atoms with E-state index in [1.807, 2.05) is 31.2 Å². The highest BCUT2D eigenvalue weighted by atomic mass is 19.4. The fraction of sp³-hybridized carbons (Fsp3) is 0.500. The number of alkyl halides is 3. The third-order valence-electron chi connectivity index (χ3n) is 2.59. The highest BCUT2D eigenvalue weighted by molar-refractivity contribution is 5.79. The summed E-state index contributed by atoms with van der Waals surface area (Å²) in [4.78, 5) is 3.88. The standard InChI is InChI=1S/C14H20F3N3O/c1-3-21-12-6-4-5-11(9-12)10-20-13(18-2)19-8-7-14(15,16)17/h4-6,9H,3,7-8,10H2,1-2H3,(H2,18,19,20). The second-order valence-electron chi connectivity index (χ2n) is 4.30. The maximum absolute atomic E-state index is 12.1. The van der Waals surface area contributed by atoms with Gasteiger partial charge in [0.15, 0.2) is 5.96 Å². The van der Waals surface area contributed by atoms with Gasteiger partial charge >= 0.3 is 6.18 Å². The topological polar surface area (TPSA) is 45.6 Å². The molecule has 21 heavy (non-hydrogen) atoms. The fourth-order valence-corrected chi connectivity index (χ4v) is 1.64. The lowest BCUT2D eigenvalue weighted by atomic mass is 10.2. The molecule has 118 valence electrons. The Morgan fingerprint density at radius 3 is 2.67 bits per heavy atom. The van der Waals surface area contributed by atoms with E-state index < -0.39 is 12.6 Å². The zero-order valence-electron chi connectivity index (χ0n) is 12.1. The molecule has 0 unspecified atom stereocenters. The molecule has 0 aliphatic carbocycles. The summed E-state index contributed by atoms with van der Waals surface area (Å²) < 4.78 is 41.6. The van der Waals surface area contributed by atoms with Crippen molar-refractivity contribution in [1.82, 2.24) is 10.6 Å². The second kappa shape index (κ2) is 8.39. The van der Waals surface area contributed by atoms with Crippen molar-refractivity contribution >= 4 is 5.96 Å². The minimum absolute atomic E-state index is 0.206. The molecule has 0 radical (unpaired) electrons. The van der Waals surface area contributed by atoms with Crippen LogP contribution in [0.1, 0.15) is 18.9 Å². The first-order chi connectivity index (χ1) is 9.94. The van der Waals surface area contributed by atoms with E-state index in [4.69, 9.17) is 4.74 Å². The van der Waals surface area contributed by atoms with Crippen molar-refractivity contribution in [3.63, 3.8) is 0 Å². The van der Waals surface area contributed by atoms with E-state index in [1.54, 1.807) is 0 Å². The van der Waals surface area contributed by atoms with Crippen LogP contribution in [0.15, 0.2) is 29.3 Å². The second-order valence-corrected chi connectivity index (χ2v) is 4.30. The lowest BCUT2D eigenvalue weighted by Crippen LogP contribution is -2.38. The van der Waals surface area contributed by atoms with Crippen LogP contribution in [0, 0.1) is 0 Å². The molecule has 0 bridgehead atoms. The molecule has 0 spiro atoms. The molecule has 1 aromatic rings. The minimum Gasteiger partial charge on any atom is -0.494 e. The molecule has 7 heteroatoms. The van der Waals surface area contributed by atoms with Gasteiger partial charge in [0.25, 0.3) is 0 Å². The Bertz CT molecular complexity index is 461. The van der Waals surface area contributed by atoms with Crippen LogP contribution in [0.2, 0.25) is 0 Å². The van der Waals surface area contributed by atoms with Gasteiger partial charge in [-0.15, -0.1) is 0 Å². The zero-order valence-corrected chi connectivity index (χ0v) is 12.1. The van der Waals surface area contributed by atoms with Gasteiger partial charge in [-0.2, -0.15) is 13.2 Å². The minimum atomic E-state index is -4.17. The number of guanidine groups is 1. The van der Waals surface area contributed by atoms with Crippen LogP contribution in [0.5, 0.6) is 5.75 Å². The smallest absolute Gasteiger partial charge is 0.390 e. The molecule has 0 heterocycles. The quantitative estimate of drug-likeness (QED) is 0.627. The first-order valence-electron chi connectivity index (χ1n) is 6.67. The van der Waals surface area contributed by atoms with Gasteiger partial charge in [-0.3, -0.25) is 4.99 Å². The number of nitrogens with one attached hydrogen (secondary N) is 2. The van der Waals surface area contributed by atoms with Gasteiger partial charge < -0.3 is 15.4 Å². The number of rotatable bonds is 6. The number of hydrogen-bond acceptors (Lipinski definition) is 2. The average Bonchev–Trinajstić information content (AvgIpc) is 2.42. The van der Waals surface area contributed by atoms with E-state index in [0.29, 0.717) is 19.1 Å². The molecule has 1 rings (SSSR count). The van der Waals surface area contributed by atoms with E-state index in [-0.39, 0.29) is 6.54 Å². The molecule has 0 aliphatic heterocycles. The average molecular weight is 303 g/mol. The van der Waals surface area contributed by atoms with Crippen molar-refractivity contribution in [3.05, 3.63) is 29.8 Å². The summed E-state index contributed by atoms with van der Waals surface area (Å²) in [6.45, 7) is 2.73. The third kappa shape index (κ3) is 7.43. The van der Waals surface area contributed by atoms with Crippen molar-refractivity contribution in [2.75, 3.05) is 20.2 Å². The predicted molar refractivity (Wildman–Crippen MR) is 76.5 cm³/mol. The fourth-order valence-electron chi connectivity index (χ4n) is 1.64. The van der Waals surface area contributed by atoms with E-state index in [0.717, 1.165) is 11.3 Å². The van der Waals surface area contributed by atoms with Crippen LogP contribution in [-0.4, -0.2) is 32.3 Å². The summed E-state index contributed by atoms with van der Waals surface area (Å²) >= 11 is 0. The lowest BCUT2D eigenvalue weighted by Gasteiger charge is -2.13. The molecule has 0 fully saturated rings. The molecule has 4 nitrogen and oxygen atoms in total. The Morgan fingerprint density at radius 2 is 2.05 bits per heavy atom. The number of benzene rings is 1. The third-order valence-corrected chi connectivity index (χ3v) is 2.59. The van der Waals surface area contributed by atoms with Crippen molar-refractivity contribution in [1.29, 1.82) is 0 Å². The number of hydrogen-bond donors (Lipinski definition) is 2. The van der Waals surface area contributed by atoms with E-state index in [9.17, 15) is 13.2 Å². The van der Waals surface area contributed by atoms with Gasteiger partial charge in [0.1, 0.15) is 5.75 Å². The molecule has 0 saturated carbocycles. The van der Waals surface area contributed by atoms with Gasteiger partial charge in [-0.05, 0) is 24.6 Å². The summed E-state index contributed by atoms with van der Waals surface area (Å²) in [5.74, 6) is 1.10. The van der Waals surface area contributed by atoms with Gasteiger partial charge in [-0.1, -0.05) is 12.1 Å². The predicted octanol–water partition coefficient (Wildman–Crippen LogP) is 2.70. The number of halogens is 3. The normalized spacial score (nSPS) is 12.1. The van der Waals surface area contributed by atoms with Crippen LogP contribution in [0.3, 0.4) is 0 Å². The number of ether oxygens (including phenoxy) is 1. The van der Waals surface area contributed by atoms with E-state index in [2.05, 4.69) is 15.6 Å². The van der Waals surface area contributed by atoms with Crippen molar-refractivity contribution in [2.45, 2.75) is 26.1 Å². The summed E-state index contributed by atoms with van der Waals surface area (Å²) in [6.07, 6.45) is -5.06. The van der Waals surface area contributed by atoms with E-state index in [1.165, 1.54) is 7.05 Å². The Morgan fingerprint density at radius 1 is 1.29 bits per heavy atom. The first-order valence-corrected chi connectivity index (χ1v) is 6.67. The largest absolute Gasteiger partial charge is 0.494 e. The first kappa shape index (κ1) is 17.1. The molecule has 0 aromatic heterocycles. The molecule has 0 amide bonds. The van der Waals surface area contributed by atoms with Crippen LogP contribution < -0.4 is 15.4 Å². The summed E-state index contributed by atoms with van der Waals surface area (Å²) in [5.41, 5.74) is 0.958. The molecule has 0 atom stereocenters. The molecule has 0 aliphatic rings. The summed E-state index contributed by atoms with van der Waals surface area (Å²) in [7, 11) is 1.51. The van der Waals surface area contributed by atoms with Crippen LogP contribution in [-0.2, 0) is 6.54 Å². The monoisotopic (exact) mass is 303 g/mol. The molecule has 2 N–H and O–H groups in total. The van der Waals surface area contributed by atoms with Crippen LogP contribution in [0.4, 0.5) is 13.2 Å². The van der Waals surface area contributed by atoms with Gasteiger partial charge in [0.05, 0.1) is 13.0 Å². The Kier molecular flexibility index (Phi) is 6.84. The Balaban J connectivity index is 2.43. The van der Waals surface area contributed by atoms with Crippen LogP contribution in [0.25, 0.3) is 0 Å². The highest BCUT2D eigenvalue weighted by Crippen LogP contribution is 2.18. The van der Waals surface area contributed by atoms with Gasteiger partial charge in [0, 0.05) is 20.1 Å². The van der Waals surface area contributed by atoms with Gasteiger partial charge in [-0.25, -0.2) is 0 Å². The molecular formula is C14H20F3N3O. The number of aliphatic imine (C=N–C) groups is 1. The Hall–Kier alpha value is -1.92. The van der Waals surface area contributed by atoms with Crippen LogP contribution >= 0.6 is 0 Å². The molecule has 1 aromatic carbocycles. The van der Waals surface area contributed by atoms with Crippen molar-refractivity contribution in [3.8, 4) is 5.75 Å². The highest BCUT2D eigenvalue weighted by Gasteiger charge is 2.26. The van der Waals surface area contributed by atoms with Gasteiger partial charge in [0.2, 0.25) is 0 Å². The summed E-state index contributed by atoms with van der Waals surface area (Å²) in [5, 5.41) is 5.58.